The van der Waals surface area contributed by atoms with Crippen LogP contribution in [0.2, 0.25) is 5.02 Å². The van der Waals surface area contributed by atoms with Crippen LogP contribution >= 0.6 is 22.9 Å². The lowest BCUT2D eigenvalue weighted by Crippen LogP contribution is -1.91. The molecule has 0 aliphatic heterocycles. The molecule has 0 bridgehead atoms. The second-order valence-corrected chi connectivity index (χ2v) is 5.28. The zero-order valence-electron chi connectivity index (χ0n) is 9.71. The smallest absolute Gasteiger partial charge is 0.125 e. The monoisotopic (exact) mass is 269 g/mol. The molecule has 0 aliphatic rings. The minimum absolute atomic E-state index is 0.322. The Kier molecular flexibility index (Phi) is 3.79. The van der Waals surface area contributed by atoms with Gasteiger partial charge in [-0.3, -0.25) is 0 Å². The van der Waals surface area contributed by atoms with Crippen LogP contribution in [0.4, 0.5) is 4.39 Å². The van der Waals surface area contributed by atoms with Crippen molar-refractivity contribution in [2.45, 2.75) is 26.2 Å². The summed E-state index contributed by atoms with van der Waals surface area (Å²) in [6.45, 7) is 4.28. The van der Waals surface area contributed by atoms with E-state index in [0.717, 1.165) is 22.7 Å². The van der Waals surface area contributed by atoms with Crippen LogP contribution in [0.1, 0.15) is 31.9 Å². The Morgan fingerprint density at radius 2 is 2.24 bits per heavy atom. The maximum Gasteiger partial charge on any atom is 0.125 e. The molecule has 1 nitrogen and oxygen atoms in total. The van der Waals surface area contributed by atoms with E-state index in [2.05, 4.69) is 18.8 Å². The lowest BCUT2D eigenvalue weighted by atomic mass is 10.1. The molecule has 2 aromatic rings. The molecule has 0 fully saturated rings. The SMILES string of the molecule is CCC(C)c1csc(-c2ccc(F)cc2Cl)n1. The summed E-state index contributed by atoms with van der Waals surface area (Å²) >= 11 is 7.56. The third kappa shape index (κ3) is 2.67. The minimum Gasteiger partial charge on any atom is -0.241 e. The summed E-state index contributed by atoms with van der Waals surface area (Å²) in [5.74, 6) is 0.122. The topological polar surface area (TPSA) is 12.9 Å². The third-order valence-corrected chi connectivity index (χ3v) is 4.01. The Morgan fingerprint density at radius 3 is 2.88 bits per heavy atom. The standard InChI is InChI=1S/C13H13ClFNS/c1-3-8(2)12-7-17-13(16-12)10-5-4-9(15)6-11(10)14/h4-8H,3H2,1-2H3. The van der Waals surface area contributed by atoms with E-state index in [4.69, 9.17) is 11.6 Å². The molecule has 0 aliphatic carbocycles. The molecule has 90 valence electrons. The Labute approximate surface area is 109 Å². The molecule has 1 unspecified atom stereocenters. The van der Waals surface area contributed by atoms with Crippen LogP contribution in [-0.2, 0) is 0 Å². The number of hydrogen-bond donors (Lipinski definition) is 0. The fraction of sp³-hybridized carbons (Fsp3) is 0.308. The van der Waals surface area contributed by atoms with E-state index in [1.165, 1.54) is 12.1 Å². The molecule has 4 heteroatoms. The van der Waals surface area contributed by atoms with Crippen molar-refractivity contribution in [3.8, 4) is 10.6 Å². The first-order valence-electron chi connectivity index (χ1n) is 5.52. The highest BCUT2D eigenvalue weighted by atomic mass is 35.5. The highest BCUT2D eigenvalue weighted by Gasteiger charge is 2.12. The number of rotatable bonds is 3. The van der Waals surface area contributed by atoms with Crippen molar-refractivity contribution >= 4 is 22.9 Å². The Bertz CT molecular complexity index is 524. The molecular formula is C13H13ClFNS. The number of nitrogens with zero attached hydrogens (tertiary/aromatic N) is 1. The van der Waals surface area contributed by atoms with Crippen molar-refractivity contribution in [1.29, 1.82) is 0 Å². The van der Waals surface area contributed by atoms with Gasteiger partial charge in [-0.15, -0.1) is 11.3 Å². The van der Waals surface area contributed by atoms with Gasteiger partial charge in [0, 0.05) is 10.9 Å². The molecule has 0 saturated carbocycles. The fourth-order valence-electron chi connectivity index (χ4n) is 1.51. The van der Waals surface area contributed by atoms with E-state index in [0.29, 0.717) is 10.9 Å². The van der Waals surface area contributed by atoms with E-state index < -0.39 is 0 Å². The zero-order chi connectivity index (χ0) is 12.4. The fourth-order valence-corrected chi connectivity index (χ4v) is 2.80. The Balaban J connectivity index is 2.37. The number of thiazole rings is 1. The second kappa shape index (κ2) is 5.15. The van der Waals surface area contributed by atoms with Gasteiger partial charge in [0.2, 0.25) is 0 Å². The van der Waals surface area contributed by atoms with E-state index in [9.17, 15) is 4.39 Å². The molecule has 1 aromatic carbocycles. The average molecular weight is 270 g/mol. The highest BCUT2D eigenvalue weighted by molar-refractivity contribution is 7.13. The quantitative estimate of drug-likeness (QED) is 0.754. The highest BCUT2D eigenvalue weighted by Crippen LogP contribution is 2.32. The maximum absolute atomic E-state index is 12.9. The number of hydrogen-bond acceptors (Lipinski definition) is 2. The number of halogens is 2. The van der Waals surface area contributed by atoms with Crippen LogP contribution < -0.4 is 0 Å². The van der Waals surface area contributed by atoms with E-state index >= 15 is 0 Å². The summed E-state index contributed by atoms with van der Waals surface area (Å²) in [7, 11) is 0. The summed E-state index contributed by atoms with van der Waals surface area (Å²) in [6.07, 6.45) is 1.06. The zero-order valence-corrected chi connectivity index (χ0v) is 11.3. The van der Waals surface area contributed by atoms with Gasteiger partial charge in [0.25, 0.3) is 0 Å². The van der Waals surface area contributed by atoms with E-state index in [1.807, 2.05) is 5.38 Å². The van der Waals surface area contributed by atoms with Gasteiger partial charge in [0.05, 0.1) is 10.7 Å². The van der Waals surface area contributed by atoms with Crippen molar-refractivity contribution < 1.29 is 4.39 Å². The maximum atomic E-state index is 12.9. The lowest BCUT2D eigenvalue weighted by Gasteiger charge is -2.03. The summed E-state index contributed by atoms with van der Waals surface area (Å²) in [6, 6.07) is 4.41. The number of benzene rings is 1. The summed E-state index contributed by atoms with van der Waals surface area (Å²) in [4.78, 5) is 4.55. The first kappa shape index (κ1) is 12.5. The van der Waals surface area contributed by atoms with Crippen LogP contribution in [0.5, 0.6) is 0 Å². The van der Waals surface area contributed by atoms with Crippen LogP contribution in [0.3, 0.4) is 0 Å². The first-order chi connectivity index (χ1) is 8.11. The van der Waals surface area contributed by atoms with Crippen LogP contribution in [0, 0.1) is 5.82 Å². The van der Waals surface area contributed by atoms with Crippen molar-refractivity contribution in [3.05, 3.63) is 40.1 Å². The number of aromatic nitrogens is 1. The van der Waals surface area contributed by atoms with Crippen LogP contribution in [0.15, 0.2) is 23.6 Å². The molecule has 0 N–H and O–H groups in total. The van der Waals surface area contributed by atoms with E-state index in [-0.39, 0.29) is 5.82 Å². The summed E-state index contributed by atoms with van der Waals surface area (Å²) in [5.41, 5.74) is 1.88. The van der Waals surface area contributed by atoms with Gasteiger partial charge < -0.3 is 0 Å². The van der Waals surface area contributed by atoms with Gasteiger partial charge in [-0.25, -0.2) is 9.37 Å². The largest absolute Gasteiger partial charge is 0.241 e. The molecular weight excluding hydrogens is 257 g/mol. The van der Waals surface area contributed by atoms with E-state index in [1.54, 1.807) is 17.4 Å². The summed E-state index contributed by atoms with van der Waals surface area (Å²) < 4.78 is 12.9. The second-order valence-electron chi connectivity index (χ2n) is 4.01. The lowest BCUT2D eigenvalue weighted by molar-refractivity contribution is 0.628. The van der Waals surface area contributed by atoms with Crippen molar-refractivity contribution in [2.75, 3.05) is 0 Å². The molecule has 2 rings (SSSR count). The van der Waals surface area contributed by atoms with Crippen molar-refractivity contribution in [2.24, 2.45) is 0 Å². The third-order valence-electron chi connectivity index (χ3n) is 2.80. The van der Waals surface area contributed by atoms with Gasteiger partial charge in [-0.2, -0.15) is 0 Å². The molecule has 0 saturated heterocycles. The minimum atomic E-state index is -0.322. The van der Waals surface area contributed by atoms with Crippen LogP contribution in [0.25, 0.3) is 10.6 Å². The Morgan fingerprint density at radius 1 is 1.47 bits per heavy atom. The molecule has 1 atom stereocenters. The van der Waals surface area contributed by atoms with Gasteiger partial charge in [-0.05, 0) is 30.5 Å². The molecule has 0 radical (unpaired) electrons. The van der Waals surface area contributed by atoms with Gasteiger partial charge in [0.15, 0.2) is 0 Å². The van der Waals surface area contributed by atoms with Gasteiger partial charge >= 0.3 is 0 Å². The molecule has 17 heavy (non-hydrogen) atoms. The molecule has 1 aromatic heterocycles. The van der Waals surface area contributed by atoms with Gasteiger partial charge in [0.1, 0.15) is 10.8 Å². The Hall–Kier alpha value is -0.930. The van der Waals surface area contributed by atoms with Crippen molar-refractivity contribution in [3.63, 3.8) is 0 Å². The summed E-state index contributed by atoms with van der Waals surface area (Å²) in [5, 5.41) is 3.31. The molecule has 1 heterocycles. The predicted molar refractivity (Wildman–Crippen MR) is 71.2 cm³/mol. The molecule has 0 amide bonds. The van der Waals surface area contributed by atoms with Gasteiger partial charge in [-0.1, -0.05) is 25.4 Å². The van der Waals surface area contributed by atoms with Crippen molar-refractivity contribution in [1.82, 2.24) is 4.98 Å². The predicted octanol–water partition coefficient (Wildman–Crippen LogP) is 5.12. The molecule has 0 spiro atoms. The van der Waals surface area contributed by atoms with Crippen LogP contribution in [-0.4, -0.2) is 4.98 Å². The normalized spacial score (nSPS) is 12.7. The average Bonchev–Trinajstić information content (AvgIpc) is 2.77. The first-order valence-corrected chi connectivity index (χ1v) is 6.78.